The SMILES string of the molecule is COc1cccc(OCC(=O)N(CCCN2CCOCC2)c2nc3c(F)cc(F)cc3s2)c1. The average molecular weight is 478 g/mol. The number of aromatic nitrogens is 1. The molecule has 0 bridgehead atoms. The fourth-order valence-electron chi connectivity index (χ4n) is 3.58. The van der Waals surface area contributed by atoms with Crippen LogP contribution in [0.25, 0.3) is 10.2 Å². The lowest BCUT2D eigenvalue weighted by molar-refractivity contribution is -0.120. The molecule has 0 unspecified atom stereocenters. The number of halogens is 2. The molecule has 1 fully saturated rings. The van der Waals surface area contributed by atoms with Crippen molar-refractivity contribution in [1.82, 2.24) is 9.88 Å². The molecule has 1 aliphatic rings. The first kappa shape index (κ1) is 23.3. The molecule has 3 aromatic rings. The quantitative estimate of drug-likeness (QED) is 0.468. The first-order valence-corrected chi connectivity index (χ1v) is 11.5. The van der Waals surface area contributed by atoms with Crippen LogP contribution in [0.5, 0.6) is 11.5 Å². The van der Waals surface area contributed by atoms with Crippen molar-refractivity contribution in [2.75, 3.05) is 58.0 Å². The molecule has 7 nitrogen and oxygen atoms in total. The van der Waals surface area contributed by atoms with Gasteiger partial charge < -0.3 is 14.2 Å². The molecule has 4 rings (SSSR count). The number of methoxy groups -OCH3 is 1. The minimum Gasteiger partial charge on any atom is -0.497 e. The van der Waals surface area contributed by atoms with Crippen LogP contribution in [-0.2, 0) is 9.53 Å². The Labute approximate surface area is 194 Å². The molecule has 1 aromatic heterocycles. The zero-order valence-corrected chi connectivity index (χ0v) is 19.1. The molecule has 0 aliphatic carbocycles. The summed E-state index contributed by atoms with van der Waals surface area (Å²) in [5, 5.41) is 0.315. The number of carbonyl (C=O) groups excluding carboxylic acids is 1. The molecule has 1 saturated heterocycles. The van der Waals surface area contributed by atoms with Gasteiger partial charge in [-0.15, -0.1) is 0 Å². The van der Waals surface area contributed by atoms with Crippen molar-refractivity contribution in [2.24, 2.45) is 0 Å². The largest absolute Gasteiger partial charge is 0.497 e. The molecule has 10 heteroatoms. The fourth-order valence-corrected chi connectivity index (χ4v) is 4.63. The van der Waals surface area contributed by atoms with Crippen LogP contribution in [0.2, 0.25) is 0 Å². The van der Waals surface area contributed by atoms with Crippen molar-refractivity contribution in [1.29, 1.82) is 0 Å². The van der Waals surface area contributed by atoms with E-state index in [9.17, 15) is 13.6 Å². The van der Waals surface area contributed by atoms with Crippen LogP contribution in [0.1, 0.15) is 6.42 Å². The second-order valence-corrected chi connectivity index (χ2v) is 8.56. The summed E-state index contributed by atoms with van der Waals surface area (Å²) in [6.07, 6.45) is 0.692. The van der Waals surface area contributed by atoms with Gasteiger partial charge in [-0.25, -0.2) is 13.8 Å². The molecule has 1 aliphatic heterocycles. The van der Waals surface area contributed by atoms with Gasteiger partial charge in [0.1, 0.15) is 22.8 Å². The van der Waals surface area contributed by atoms with E-state index in [2.05, 4.69) is 9.88 Å². The maximum atomic E-state index is 14.2. The van der Waals surface area contributed by atoms with Crippen molar-refractivity contribution < 1.29 is 27.8 Å². The molecule has 2 heterocycles. The van der Waals surface area contributed by atoms with E-state index in [4.69, 9.17) is 14.2 Å². The van der Waals surface area contributed by atoms with E-state index in [1.807, 2.05) is 0 Å². The number of anilines is 1. The van der Waals surface area contributed by atoms with E-state index in [0.717, 1.165) is 37.0 Å². The number of rotatable bonds is 9. The number of hydrogen-bond donors (Lipinski definition) is 0. The molecule has 1 amide bonds. The van der Waals surface area contributed by atoms with Gasteiger partial charge in [-0.05, 0) is 24.6 Å². The predicted octanol–water partition coefficient (Wildman–Crippen LogP) is 3.72. The lowest BCUT2D eigenvalue weighted by atomic mass is 10.3. The molecule has 0 N–H and O–H groups in total. The number of nitrogens with zero attached hydrogens (tertiary/aromatic N) is 3. The van der Waals surface area contributed by atoms with Gasteiger partial charge in [0.2, 0.25) is 0 Å². The summed E-state index contributed by atoms with van der Waals surface area (Å²) in [7, 11) is 1.55. The van der Waals surface area contributed by atoms with Gasteiger partial charge in [0.25, 0.3) is 5.91 Å². The van der Waals surface area contributed by atoms with Crippen molar-refractivity contribution >= 4 is 32.6 Å². The lowest BCUT2D eigenvalue weighted by Gasteiger charge is -2.27. The molecule has 33 heavy (non-hydrogen) atoms. The normalized spacial score (nSPS) is 14.4. The maximum Gasteiger partial charge on any atom is 0.266 e. The van der Waals surface area contributed by atoms with E-state index in [0.29, 0.717) is 47.5 Å². The number of morpholine rings is 1. The molecular formula is C23H25F2N3O4S. The Morgan fingerprint density at radius 2 is 2.00 bits per heavy atom. The van der Waals surface area contributed by atoms with Crippen molar-refractivity contribution in [3.8, 4) is 11.5 Å². The van der Waals surface area contributed by atoms with Gasteiger partial charge >= 0.3 is 0 Å². The fraction of sp³-hybridized carbons (Fsp3) is 0.391. The topological polar surface area (TPSA) is 64.1 Å². The third kappa shape index (κ3) is 5.95. The summed E-state index contributed by atoms with van der Waals surface area (Å²) in [5.41, 5.74) is 0.0519. The third-order valence-electron chi connectivity index (χ3n) is 5.30. The van der Waals surface area contributed by atoms with E-state index >= 15 is 0 Å². The zero-order chi connectivity index (χ0) is 23.2. The van der Waals surface area contributed by atoms with Gasteiger partial charge in [-0.2, -0.15) is 0 Å². The monoisotopic (exact) mass is 477 g/mol. The molecular weight excluding hydrogens is 452 g/mol. The molecule has 176 valence electrons. The molecule has 0 saturated carbocycles. The van der Waals surface area contributed by atoms with E-state index < -0.39 is 11.6 Å². The molecule has 2 aromatic carbocycles. The second-order valence-electron chi connectivity index (χ2n) is 7.55. The van der Waals surface area contributed by atoms with Crippen LogP contribution in [-0.4, -0.2) is 68.9 Å². The lowest BCUT2D eigenvalue weighted by Crippen LogP contribution is -2.40. The van der Waals surface area contributed by atoms with Crippen LogP contribution < -0.4 is 14.4 Å². The van der Waals surface area contributed by atoms with Gasteiger partial charge in [0, 0.05) is 38.3 Å². The number of benzene rings is 2. The highest BCUT2D eigenvalue weighted by atomic mass is 32.1. The number of ether oxygens (including phenoxy) is 3. The third-order valence-corrected chi connectivity index (χ3v) is 6.32. The Balaban J connectivity index is 1.49. The number of carbonyl (C=O) groups is 1. The summed E-state index contributed by atoms with van der Waals surface area (Å²) < 4.78 is 44.4. The predicted molar refractivity (Wildman–Crippen MR) is 122 cm³/mol. The van der Waals surface area contributed by atoms with Crippen LogP contribution in [0.15, 0.2) is 36.4 Å². The number of amides is 1. The number of fused-ring (bicyclic) bond motifs is 1. The van der Waals surface area contributed by atoms with Gasteiger partial charge in [-0.1, -0.05) is 17.4 Å². The van der Waals surface area contributed by atoms with Crippen molar-refractivity contribution in [3.63, 3.8) is 0 Å². The second kappa shape index (κ2) is 10.9. The van der Waals surface area contributed by atoms with E-state index in [1.54, 1.807) is 31.4 Å². The van der Waals surface area contributed by atoms with Gasteiger partial charge in [0.15, 0.2) is 17.6 Å². The van der Waals surface area contributed by atoms with E-state index in [1.165, 1.54) is 11.0 Å². The average Bonchev–Trinajstić information content (AvgIpc) is 3.25. The number of hydrogen-bond acceptors (Lipinski definition) is 7. The Bertz CT molecular complexity index is 1100. The first-order chi connectivity index (χ1) is 16.0. The van der Waals surface area contributed by atoms with Crippen LogP contribution in [0, 0.1) is 11.6 Å². The summed E-state index contributed by atoms with van der Waals surface area (Å²) in [4.78, 5) is 21.2. The van der Waals surface area contributed by atoms with Crippen LogP contribution >= 0.6 is 11.3 Å². The Hall–Kier alpha value is -2.82. The standard InChI is InChI=1S/C23H25F2N3O4S/c1-30-17-4-2-5-18(14-17)32-15-21(29)28(7-3-6-27-8-10-31-11-9-27)23-26-22-19(25)12-16(24)13-20(22)33-23/h2,4-5,12-14H,3,6-11,15H2,1H3. The van der Waals surface area contributed by atoms with E-state index in [-0.39, 0.29) is 18.0 Å². The Kier molecular flexibility index (Phi) is 7.69. The Morgan fingerprint density at radius 1 is 1.21 bits per heavy atom. The van der Waals surface area contributed by atoms with Gasteiger partial charge in [-0.3, -0.25) is 14.6 Å². The maximum absolute atomic E-state index is 14.2. The highest BCUT2D eigenvalue weighted by Gasteiger charge is 2.22. The smallest absolute Gasteiger partial charge is 0.266 e. The minimum absolute atomic E-state index is 0.0519. The Morgan fingerprint density at radius 3 is 2.79 bits per heavy atom. The zero-order valence-electron chi connectivity index (χ0n) is 18.3. The minimum atomic E-state index is -0.749. The number of thiazole rings is 1. The summed E-state index contributed by atoms with van der Waals surface area (Å²) in [5.74, 6) is -0.637. The van der Waals surface area contributed by atoms with Crippen molar-refractivity contribution in [3.05, 3.63) is 48.0 Å². The summed E-state index contributed by atoms with van der Waals surface area (Å²) >= 11 is 1.08. The summed E-state index contributed by atoms with van der Waals surface area (Å²) in [6, 6.07) is 8.98. The highest BCUT2D eigenvalue weighted by molar-refractivity contribution is 7.22. The first-order valence-electron chi connectivity index (χ1n) is 10.7. The van der Waals surface area contributed by atoms with Crippen molar-refractivity contribution in [2.45, 2.75) is 6.42 Å². The van der Waals surface area contributed by atoms with Crippen LogP contribution in [0.4, 0.5) is 13.9 Å². The van der Waals surface area contributed by atoms with Gasteiger partial charge in [0.05, 0.1) is 25.0 Å². The molecule has 0 radical (unpaired) electrons. The van der Waals surface area contributed by atoms with Crippen LogP contribution in [0.3, 0.4) is 0 Å². The molecule has 0 atom stereocenters. The summed E-state index contributed by atoms with van der Waals surface area (Å²) in [6.45, 7) is 4.02. The highest BCUT2D eigenvalue weighted by Crippen LogP contribution is 2.31. The molecule has 0 spiro atoms.